The molecule has 2 aliphatic rings. The van der Waals surface area contributed by atoms with Crippen molar-refractivity contribution in [3.63, 3.8) is 0 Å². The predicted octanol–water partition coefficient (Wildman–Crippen LogP) is 2.55. The van der Waals surface area contributed by atoms with Crippen molar-refractivity contribution in [2.75, 3.05) is 7.05 Å². The lowest BCUT2D eigenvalue weighted by Gasteiger charge is -2.43. The lowest BCUT2D eigenvalue weighted by atomic mass is 9.71. The van der Waals surface area contributed by atoms with Crippen LogP contribution in [0.5, 0.6) is 0 Å². The number of alkyl halides is 1. The Labute approximate surface area is 186 Å². The second-order valence-corrected chi connectivity index (χ2v) is 8.64. The molecule has 3 amide bonds. The SMILES string of the molecule is CNC(=O)C(=O)N[C@@H](C)CC1CC[C@]2(C[C@@H]1F)OC(=O)NN=C2c1ccc(F)cc1Br. The first-order valence-corrected chi connectivity index (χ1v) is 10.6. The van der Waals surface area contributed by atoms with E-state index in [1.54, 1.807) is 6.92 Å². The monoisotopic (exact) mass is 500 g/mol. The van der Waals surface area contributed by atoms with Crippen LogP contribution in [0.1, 0.15) is 38.2 Å². The van der Waals surface area contributed by atoms with Crippen molar-refractivity contribution in [2.24, 2.45) is 11.0 Å². The number of benzene rings is 1. The molecule has 1 fully saturated rings. The standard InChI is InChI=1S/C20H23BrF2N4O4/c1-10(25-18(29)17(28)24-2)7-11-5-6-20(9-15(11)23)16(26-27-19(30)31-20)13-4-3-12(22)8-14(13)21/h3-4,8,10-11,15H,5-7,9H2,1-2H3,(H,24,28)(H,25,29)(H,27,30)/t10-,11?,15-,20+/m0/s1. The number of halogens is 3. The van der Waals surface area contributed by atoms with E-state index in [4.69, 9.17) is 4.74 Å². The van der Waals surface area contributed by atoms with Crippen LogP contribution in [0.25, 0.3) is 0 Å². The molecule has 1 spiro atoms. The number of nitrogens with zero attached hydrogens (tertiary/aromatic N) is 1. The van der Waals surface area contributed by atoms with Crippen molar-refractivity contribution in [1.29, 1.82) is 0 Å². The fraction of sp³-hybridized carbons (Fsp3) is 0.500. The minimum atomic E-state index is -1.34. The van der Waals surface area contributed by atoms with E-state index < -0.39 is 47.5 Å². The van der Waals surface area contributed by atoms with E-state index in [1.165, 1.54) is 25.2 Å². The first-order valence-electron chi connectivity index (χ1n) is 9.84. The van der Waals surface area contributed by atoms with Gasteiger partial charge in [0.25, 0.3) is 0 Å². The van der Waals surface area contributed by atoms with Crippen LogP contribution < -0.4 is 16.1 Å². The number of ether oxygens (including phenoxy) is 1. The van der Waals surface area contributed by atoms with Crippen molar-refractivity contribution in [3.8, 4) is 0 Å². The van der Waals surface area contributed by atoms with Gasteiger partial charge in [-0.25, -0.2) is 19.0 Å². The molecule has 168 valence electrons. The quantitative estimate of drug-likeness (QED) is 0.551. The summed E-state index contributed by atoms with van der Waals surface area (Å²) in [5.74, 6) is -2.40. The first kappa shape index (κ1) is 23.1. The third kappa shape index (κ3) is 5.03. The highest BCUT2D eigenvalue weighted by Gasteiger charge is 2.50. The van der Waals surface area contributed by atoms with Gasteiger partial charge in [-0.1, -0.05) is 15.9 Å². The van der Waals surface area contributed by atoms with Crippen molar-refractivity contribution < 1.29 is 27.9 Å². The number of hydrazone groups is 1. The first-order chi connectivity index (χ1) is 14.6. The van der Waals surface area contributed by atoms with Gasteiger partial charge in [0.2, 0.25) is 0 Å². The highest BCUT2D eigenvalue weighted by atomic mass is 79.9. The third-order valence-corrected chi connectivity index (χ3v) is 6.24. The van der Waals surface area contributed by atoms with Crippen LogP contribution >= 0.6 is 15.9 Å². The van der Waals surface area contributed by atoms with Crippen molar-refractivity contribution >= 4 is 39.5 Å². The Kier molecular flexibility index (Phi) is 6.93. The molecule has 8 nitrogen and oxygen atoms in total. The summed E-state index contributed by atoms with van der Waals surface area (Å²) in [7, 11) is 1.35. The van der Waals surface area contributed by atoms with Gasteiger partial charge in [-0.3, -0.25) is 9.59 Å². The summed E-state index contributed by atoms with van der Waals surface area (Å²) in [6, 6.07) is 3.59. The van der Waals surface area contributed by atoms with E-state index in [9.17, 15) is 18.8 Å². The Morgan fingerprint density at radius 1 is 1.42 bits per heavy atom. The average molecular weight is 501 g/mol. The average Bonchev–Trinajstić information content (AvgIpc) is 2.70. The number of rotatable bonds is 4. The number of carbonyl (C=O) groups is 3. The van der Waals surface area contributed by atoms with E-state index in [0.717, 1.165) is 0 Å². The van der Waals surface area contributed by atoms with Gasteiger partial charge in [0.05, 0.1) is 0 Å². The topological polar surface area (TPSA) is 109 Å². The van der Waals surface area contributed by atoms with Gasteiger partial charge in [0.1, 0.15) is 17.7 Å². The fourth-order valence-electron chi connectivity index (χ4n) is 4.11. The van der Waals surface area contributed by atoms with Gasteiger partial charge in [-0.05, 0) is 50.3 Å². The number of amides is 3. The van der Waals surface area contributed by atoms with Crippen LogP contribution in [0.4, 0.5) is 13.6 Å². The van der Waals surface area contributed by atoms with Gasteiger partial charge >= 0.3 is 17.9 Å². The minimum Gasteiger partial charge on any atom is -0.435 e. The fourth-order valence-corrected chi connectivity index (χ4v) is 4.65. The van der Waals surface area contributed by atoms with E-state index in [-0.39, 0.29) is 6.42 Å². The highest BCUT2D eigenvalue weighted by molar-refractivity contribution is 9.10. The highest BCUT2D eigenvalue weighted by Crippen LogP contribution is 2.43. The smallest absolute Gasteiger partial charge is 0.428 e. The largest absolute Gasteiger partial charge is 0.435 e. The van der Waals surface area contributed by atoms with Crippen LogP contribution in [0.15, 0.2) is 27.8 Å². The van der Waals surface area contributed by atoms with Gasteiger partial charge < -0.3 is 15.4 Å². The second-order valence-electron chi connectivity index (χ2n) is 7.79. The number of likely N-dealkylation sites (N-methyl/N-ethyl adjacent to an activating group) is 1. The molecular formula is C20H23BrF2N4O4. The maximum absolute atomic E-state index is 15.3. The minimum absolute atomic E-state index is 0.121. The lowest BCUT2D eigenvalue weighted by molar-refractivity contribution is -0.139. The molecule has 1 aromatic carbocycles. The summed E-state index contributed by atoms with van der Waals surface area (Å²) in [6.45, 7) is 1.70. The molecule has 1 unspecified atom stereocenters. The molecule has 1 aromatic rings. The molecule has 3 N–H and O–H groups in total. The summed E-state index contributed by atoms with van der Waals surface area (Å²) in [5.41, 5.74) is 1.78. The van der Waals surface area contributed by atoms with Gasteiger partial charge in [0, 0.05) is 29.5 Å². The molecule has 1 aliphatic carbocycles. The Morgan fingerprint density at radius 2 is 2.16 bits per heavy atom. The maximum atomic E-state index is 15.3. The Morgan fingerprint density at radius 3 is 2.81 bits per heavy atom. The number of hydrogen-bond acceptors (Lipinski definition) is 5. The Bertz CT molecular complexity index is 928. The molecule has 11 heteroatoms. The molecule has 0 saturated heterocycles. The summed E-state index contributed by atoms with van der Waals surface area (Å²) in [6.07, 6.45) is -1.25. The predicted molar refractivity (Wildman–Crippen MR) is 112 cm³/mol. The van der Waals surface area contributed by atoms with Gasteiger partial charge in [0.15, 0.2) is 5.60 Å². The molecule has 0 aromatic heterocycles. The molecule has 31 heavy (non-hydrogen) atoms. The van der Waals surface area contributed by atoms with Gasteiger partial charge in [-0.15, -0.1) is 0 Å². The molecular weight excluding hydrogens is 478 g/mol. The molecule has 4 atom stereocenters. The third-order valence-electron chi connectivity index (χ3n) is 5.59. The lowest BCUT2D eigenvalue weighted by Crippen LogP contribution is -2.55. The van der Waals surface area contributed by atoms with E-state index in [1.807, 2.05) is 0 Å². The molecule has 1 heterocycles. The second kappa shape index (κ2) is 9.29. The van der Waals surface area contributed by atoms with Crippen LogP contribution in [0.2, 0.25) is 0 Å². The number of nitrogens with one attached hydrogen (secondary N) is 3. The zero-order valence-corrected chi connectivity index (χ0v) is 18.6. The zero-order chi connectivity index (χ0) is 22.8. The number of hydrogen-bond donors (Lipinski definition) is 3. The maximum Gasteiger partial charge on any atom is 0.428 e. The van der Waals surface area contributed by atoms with E-state index in [0.29, 0.717) is 35.0 Å². The van der Waals surface area contributed by atoms with E-state index >= 15 is 4.39 Å². The van der Waals surface area contributed by atoms with E-state index in [2.05, 4.69) is 37.1 Å². The zero-order valence-electron chi connectivity index (χ0n) is 17.0. The number of carbonyl (C=O) groups excluding carboxylic acids is 3. The normalized spacial score (nSPS) is 26.4. The Hall–Kier alpha value is -2.56. The van der Waals surface area contributed by atoms with Crippen LogP contribution in [0, 0.1) is 11.7 Å². The van der Waals surface area contributed by atoms with Gasteiger partial charge in [-0.2, -0.15) is 5.10 Å². The summed E-state index contributed by atoms with van der Waals surface area (Å²) in [4.78, 5) is 35.0. The Balaban J connectivity index is 1.75. The van der Waals surface area contributed by atoms with Crippen molar-refractivity contribution in [3.05, 3.63) is 34.1 Å². The molecule has 3 rings (SSSR count). The van der Waals surface area contributed by atoms with Crippen molar-refractivity contribution in [1.82, 2.24) is 16.1 Å². The molecule has 0 bridgehead atoms. The summed E-state index contributed by atoms with van der Waals surface area (Å²) < 4.78 is 34.7. The van der Waals surface area contributed by atoms with Crippen LogP contribution in [-0.4, -0.2) is 48.5 Å². The summed E-state index contributed by atoms with van der Waals surface area (Å²) in [5, 5.41) is 8.89. The van der Waals surface area contributed by atoms with Crippen LogP contribution in [0.3, 0.4) is 0 Å². The molecule has 1 aliphatic heterocycles. The van der Waals surface area contributed by atoms with Crippen molar-refractivity contribution in [2.45, 2.75) is 50.4 Å². The molecule has 1 saturated carbocycles. The summed E-state index contributed by atoms with van der Waals surface area (Å²) >= 11 is 3.29. The molecule has 0 radical (unpaired) electrons. The van der Waals surface area contributed by atoms with Crippen LogP contribution in [-0.2, 0) is 14.3 Å².